The van der Waals surface area contributed by atoms with Crippen molar-refractivity contribution < 1.29 is 0 Å². The minimum absolute atomic E-state index is 0.270. The van der Waals surface area contributed by atoms with Gasteiger partial charge in [-0.2, -0.15) is 10.5 Å². The van der Waals surface area contributed by atoms with Crippen LogP contribution in [0, 0.1) is 46.3 Å². The quantitative estimate of drug-likeness (QED) is 0.834. The molecule has 1 heterocycles. The first-order chi connectivity index (χ1) is 9.28. The van der Waals surface area contributed by atoms with Crippen LogP contribution in [0.5, 0.6) is 0 Å². The minimum Gasteiger partial charge on any atom is -0.332 e. The first kappa shape index (κ1) is 11.1. The Kier molecular flexibility index (Phi) is 2.23. The summed E-state index contributed by atoms with van der Waals surface area (Å²) in [7, 11) is 0. The molecule has 4 nitrogen and oxygen atoms in total. The number of aromatic amines is 1. The zero-order valence-electron chi connectivity index (χ0n) is 10.8. The van der Waals surface area contributed by atoms with E-state index in [0.717, 1.165) is 29.5 Å². The van der Waals surface area contributed by atoms with Crippen LogP contribution < -0.4 is 0 Å². The molecule has 1 aromatic rings. The van der Waals surface area contributed by atoms with Gasteiger partial charge in [-0.05, 0) is 55.8 Å². The largest absolute Gasteiger partial charge is 0.332 e. The smallest absolute Gasteiger partial charge is 0.176 e. The molecular formula is C15H16N4. The summed E-state index contributed by atoms with van der Waals surface area (Å²) in [5.41, 5.74) is 0.609. The van der Waals surface area contributed by atoms with Crippen LogP contribution in [-0.2, 0) is 0 Å². The molecule has 0 amide bonds. The molecule has 1 N–H and O–H groups in total. The Morgan fingerprint density at radius 1 is 0.947 bits per heavy atom. The van der Waals surface area contributed by atoms with Crippen LogP contribution in [0.2, 0.25) is 0 Å². The van der Waals surface area contributed by atoms with Crippen LogP contribution in [0.15, 0.2) is 0 Å². The second-order valence-electron chi connectivity index (χ2n) is 6.53. The molecule has 96 valence electrons. The Morgan fingerprint density at radius 2 is 1.58 bits per heavy atom. The maximum atomic E-state index is 9.04. The monoisotopic (exact) mass is 252 g/mol. The third-order valence-corrected chi connectivity index (χ3v) is 5.48. The fourth-order valence-corrected chi connectivity index (χ4v) is 5.08. The van der Waals surface area contributed by atoms with Crippen molar-refractivity contribution in [2.75, 3.05) is 0 Å². The van der Waals surface area contributed by atoms with Crippen molar-refractivity contribution in [1.29, 1.82) is 10.5 Å². The third kappa shape index (κ3) is 1.53. The van der Waals surface area contributed by atoms with Crippen LogP contribution in [0.4, 0.5) is 0 Å². The van der Waals surface area contributed by atoms with E-state index < -0.39 is 0 Å². The maximum Gasteiger partial charge on any atom is 0.176 e. The predicted octanol–water partition coefficient (Wildman–Crippen LogP) is 2.69. The fourth-order valence-electron chi connectivity index (χ4n) is 5.08. The molecule has 0 aromatic carbocycles. The number of aromatic nitrogens is 2. The number of hydrogen-bond donors (Lipinski definition) is 1. The van der Waals surface area contributed by atoms with Gasteiger partial charge in [0.25, 0.3) is 0 Å². The van der Waals surface area contributed by atoms with Crippen LogP contribution in [0.1, 0.15) is 55.2 Å². The van der Waals surface area contributed by atoms with Crippen LogP contribution in [0.3, 0.4) is 0 Å². The van der Waals surface area contributed by atoms with Gasteiger partial charge in [0.15, 0.2) is 11.4 Å². The van der Waals surface area contributed by atoms with Gasteiger partial charge in [-0.3, -0.25) is 0 Å². The van der Waals surface area contributed by atoms with Gasteiger partial charge in [-0.25, -0.2) is 4.98 Å². The molecule has 0 atom stereocenters. The van der Waals surface area contributed by atoms with E-state index in [1.54, 1.807) is 0 Å². The number of nitriles is 2. The molecule has 4 bridgehead atoms. The molecule has 0 spiro atoms. The van der Waals surface area contributed by atoms with Gasteiger partial charge in [0, 0.05) is 5.92 Å². The molecule has 5 rings (SSSR count). The highest BCUT2D eigenvalue weighted by atomic mass is 15.0. The fraction of sp³-hybridized carbons (Fsp3) is 0.667. The number of imidazole rings is 1. The van der Waals surface area contributed by atoms with Gasteiger partial charge < -0.3 is 4.98 Å². The van der Waals surface area contributed by atoms with E-state index >= 15 is 0 Å². The Labute approximate surface area is 112 Å². The first-order valence-electron chi connectivity index (χ1n) is 7.18. The van der Waals surface area contributed by atoms with E-state index in [2.05, 4.69) is 9.97 Å². The van der Waals surface area contributed by atoms with Crippen molar-refractivity contribution in [3.8, 4) is 12.1 Å². The Hall–Kier alpha value is -1.81. The highest BCUT2D eigenvalue weighted by Gasteiger charge is 2.49. The van der Waals surface area contributed by atoms with Gasteiger partial charge in [0.1, 0.15) is 18.0 Å². The highest BCUT2D eigenvalue weighted by molar-refractivity contribution is 5.37. The normalized spacial score (nSPS) is 38.9. The Bertz CT molecular complexity index is 541. The van der Waals surface area contributed by atoms with Crippen molar-refractivity contribution >= 4 is 0 Å². The number of hydrogen-bond acceptors (Lipinski definition) is 3. The summed E-state index contributed by atoms with van der Waals surface area (Å²) in [5, 5.41) is 18.1. The summed E-state index contributed by atoms with van der Waals surface area (Å²) < 4.78 is 0. The van der Waals surface area contributed by atoms with E-state index in [9.17, 15) is 0 Å². The number of H-pyrrole nitrogens is 1. The number of rotatable bonds is 1. The Morgan fingerprint density at radius 3 is 2.05 bits per heavy atom. The molecule has 1 aromatic heterocycles. The second-order valence-corrected chi connectivity index (χ2v) is 6.53. The van der Waals surface area contributed by atoms with Gasteiger partial charge >= 0.3 is 0 Å². The molecule has 4 aliphatic carbocycles. The van der Waals surface area contributed by atoms with Crippen molar-refractivity contribution in [2.45, 2.75) is 38.0 Å². The molecule has 0 unspecified atom stereocenters. The van der Waals surface area contributed by atoms with E-state index in [1.807, 2.05) is 12.1 Å². The molecule has 4 aliphatic rings. The molecular weight excluding hydrogens is 236 g/mol. The summed E-state index contributed by atoms with van der Waals surface area (Å²) in [6, 6.07) is 4.07. The van der Waals surface area contributed by atoms with E-state index in [-0.39, 0.29) is 5.69 Å². The van der Waals surface area contributed by atoms with E-state index in [0.29, 0.717) is 11.6 Å². The van der Waals surface area contributed by atoms with Gasteiger partial charge in [-0.15, -0.1) is 0 Å². The summed E-state index contributed by atoms with van der Waals surface area (Å²) >= 11 is 0. The predicted molar refractivity (Wildman–Crippen MR) is 67.8 cm³/mol. The lowest BCUT2D eigenvalue weighted by Gasteiger charge is -2.53. The molecule has 19 heavy (non-hydrogen) atoms. The maximum absolute atomic E-state index is 9.04. The standard InChI is InChI=1S/C15H16N4/c16-6-12-13(7-17)19-15(18-12)14-10-2-8-1-9(4-10)5-11(14)3-8/h8-11,14H,1-5H2,(H,18,19). The Balaban J connectivity index is 1.72. The molecule has 0 aliphatic heterocycles. The highest BCUT2D eigenvalue weighted by Crippen LogP contribution is 2.59. The lowest BCUT2D eigenvalue weighted by Crippen LogP contribution is -2.44. The van der Waals surface area contributed by atoms with E-state index in [4.69, 9.17) is 10.5 Å². The lowest BCUT2D eigenvalue weighted by molar-refractivity contribution is -0.00540. The molecule has 4 saturated carbocycles. The average Bonchev–Trinajstić information content (AvgIpc) is 2.80. The van der Waals surface area contributed by atoms with Crippen molar-refractivity contribution in [2.24, 2.45) is 23.7 Å². The minimum atomic E-state index is 0.270. The van der Waals surface area contributed by atoms with Crippen LogP contribution in [0.25, 0.3) is 0 Å². The van der Waals surface area contributed by atoms with Crippen LogP contribution in [-0.4, -0.2) is 9.97 Å². The zero-order valence-corrected chi connectivity index (χ0v) is 10.8. The molecule has 0 radical (unpaired) electrons. The van der Waals surface area contributed by atoms with Crippen LogP contribution >= 0.6 is 0 Å². The number of nitrogens with one attached hydrogen (secondary N) is 1. The average molecular weight is 252 g/mol. The molecule has 4 fully saturated rings. The zero-order chi connectivity index (χ0) is 13.0. The second kappa shape index (κ2) is 3.84. The molecule has 4 heteroatoms. The van der Waals surface area contributed by atoms with Crippen molar-refractivity contribution in [1.82, 2.24) is 9.97 Å². The topological polar surface area (TPSA) is 76.3 Å². The lowest BCUT2D eigenvalue weighted by atomic mass is 9.52. The van der Waals surface area contributed by atoms with Gasteiger partial charge in [-0.1, -0.05) is 0 Å². The van der Waals surface area contributed by atoms with Gasteiger partial charge in [0.2, 0.25) is 0 Å². The summed E-state index contributed by atoms with van der Waals surface area (Å²) in [4.78, 5) is 7.52. The van der Waals surface area contributed by atoms with Gasteiger partial charge in [0.05, 0.1) is 0 Å². The summed E-state index contributed by atoms with van der Waals surface area (Å²) in [5.74, 6) is 4.67. The summed E-state index contributed by atoms with van der Waals surface area (Å²) in [6.07, 6.45) is 6.72. The third-order valence-electron chi connectivity index (χ3n) is 5.48. The molecule has 0 saturated heterocycles. The number of nitrogens with zero attached hydrogens (tertiary/aromatic N) is 3. The van der Waals surface area contributed by atoms with Crippen molar-refractivity contribution in [3.05, 3.63) is 17.2 Å². The van der Waals surface area contributed by atoms with Crippen molar-refractivity contribution in [3.63, 3.8) is 0 Å². The SMILES string of the molecule is N#Cc1nc(C2C3CC4CC(C3)CC2C4)[nH]c1C#N. The first-order valence-corrected chi connectivity index (χ1v) is 7.18. The summed E-state index contributed by atoms with van der Waals surface area (Å²) in [6.45, 7) is 0. The van der Waals surface area contributed by atoms with E-state index in [1.165, 1.54) is 32.1 Å².